The molecule has 0 N–H and O–H groups in total. The van der Waals surface area contributed by atoms with Gasteiger partial charge in [-0.2, -0.15) is 0 Å². The van der Waals surface area contributed by atoms with Crippen molar-refractivity contribution < 1.29 is 4.79 Å². The van der Waals surface area contributed by atoms with E-state index in [9.17, 15) is 4.79 Å². The molecule has 4 heteroatoms. The average molecular weight is 382 g/mol. The molecular weight excluding hydrogens is 365 g/mol. The molecule has 0 aliphatic carbocycles. The van der Waals surface area contributed by atoms with Gasteiger partial charge < -0.3 is 4.90 Å². The molecule has 1 heterocycles. The highest BCUT2D eigenvalue weighted by Crippen LogP contribution is 2.38. The monoisotopic (exact) mass is 381 g/mol. The molecule has 0 fully saturated rings. The highest BCUT2D eigenvalue weighted by atomic mass is 35.5. The minimum atomic E-state index is -0.208. The Bertz CT molecular complexity index is 970. The second kappa shape index (κ2) is 7.14. The van der Waals surface area contributed by atoms with Crippen LogP contribution in [0.3, 0.4) is 0 Å². The second-order valence-electron chi connectivity index (χ2n) is 6.38. The minimum Gasteiger partial charge on any atom is -0.327 e. The minimum absolute atomic E-state index is 0.0353. The molecule has 1 amide bonds. The van der Waals surface area contributed by atoms with Gasteiger partial charge in [-0.05, 0) is 47.4 Å². The number of halogens is 2. The SMILES string of the molecule is O=C(c1cccc(Cl)c1)N1CCc2ccccc2[C@H]1c1ccccc1Cl. The summed E-state index contributed by atoms with van der Waals surface area (Å²) in [5.41, 5.74) is 3.92. The molecule has 3 aromatic rings. The zero-order valence-electron chi connectivity index (χ0n) is 14.0. The second-order valence-corrected chi connectivity index (χ2v) is 7.23. The highest BCUT2D eigenvalue weighted by molar-refractivity contribution is 6.31. The van der Waals surface area contributed by atoms with Crippen molar-refractivity contribution in [2.75, 3.05) is 6.54 Å². The maximum atomic E-state index is 13.3. The lowest BCUT2D eigenvalue weighted by Gasteiger charge is -2.38. The van der Waals surface area contributed by atoms with Crippen molar-refractivity contribution in [2.24, 2.45) is 0 Å². The molecule has 1 aliphatic heterocycles. The number of hydrogen-bond acceptors (Lipinski definition) is 1. The Morgan fingerprint density at radius 3 is 2.38 bits per heavy atom. The van der Waals surface area contributed by atoms with Crippen molar-refractivity contribution in [1.29, 1.82) is 0 Å². The Labute approximate surface area is 163 Å². The Morgan fingerprint density at radius 2 is 1.62 bits per heavy atom. The summed E-state index contributed by atoms with van der Waals surface area (Å²) in [7, 11) is 0. The van der Waals surface area contributed by atoms with Crippen molar-refractivity contribution in [3.8, 4) is 0 Å². The van der Waals surface area contributed by atoms with Crippen LogP contribution in [0.25, 0.3) is 0 Å². The van der Waals surface area contributed by atoms with Crippen molar-refractivity contribution >= 4 is 29.1 Å². The van der Waals surface area contributed by atoms with Gasteiger partial charge in [0.1, 0.15) is 0 Å². The van der Waals surface area contributed by atoms with Crippen LogP contribution in [0, 0.1) is 0 Å². The predicted molar refractivity (Wildman–Crippen MR) is 106 cm³/mol. The number of carbonyl (C=O) groups is 1. The lowest BCUT2D eigenvalue weighted by atomic mass is 9.87. The van der Waals surface area contributed by atoms with Crippen LogP contribution in [0.4, 0.5) is 0 Å². The Balaban J connectivity index is 1.83. The molecule has 0 saturated carbocycles. The van der Waals surface area contributed by atoms with Crippen molar-refractivity contribution in [2.45, 2.75) is 12.5 Å². The number of benzene rings is 3. The standard InChI is InChI=1S/C22H17Cl2NO/c23-17-8-5-7-16(14-17)22(26)25-13-12-15-6-1-2-9-18(15)21(25)19-10-3-4-11-20(19)24/h1-11,14,21H,12-13H2/t21-/m0/s1. The van der Waals surface area contributed by atoms with Gasteiger partial charge in [0.15, 0.2) is 0 Å². The largest absolute Gasteiger partial charge is 0.327 e. The van der Waals surface area contributed by atoms with Gasteiger partial charge in [0.25, 0.3) is 5.91 Å². The van der Waals surface area contributed by atoms with E-state index in [0.29, 0.717) is 22.2 Å². The lowest BCUT2D eigenvalue weighted by molar-refractivity contribution is 0.0694. The first-order chi connectivity index (χ1) is 12.6. The predicted octanol–water partition coefficient (Wildman–Crippen LogP) is 5.78. The Hall–Kier alpha value is -2.29. The Kier molecular flexibility index (Phi) is 4.71. The zero-order valence-corrected chi connectivity index (χ0v) is 15.5. The molecule has 26 heavy (non-hydrogen) atoms. The number of rotatable bonds is 2. The molecule has 130 valence electrons. The summed E-state index contributed by atoms with van der Waals surface area (Å²) in [6.07, 6.45) is 0.823. The van der Waals surface area contributed by atoms with Gasteiger partial charge in [0, 0.05) is 22.2 Å². The summed E-state index contributed by atoms with van der Waals surface area (Å²) in [5, 5.41) is 1.22. The van der Waals surface area contributed by atoms with E-state index >= 15 is 0 Å². The van der Waals surface area contributed by atoms with E-state index in [-0.39, 0.29) is 11.9 Å². The van der Waals surface area contributed by atoms with E-state index in [1.807, 2.05) is 41.3 Å². The van der Waals surface area contributed by atoms with Crippen molar-refractivity contribution in [3.63, 3.8) is 0 Å². The first-order valence-corrected chi connectivity index (χ1v) is 9.29. The van der Waals surface area contributed by atoms with Crippen LogP contribution in [-0.4, -0.2) is 17.4 Å². The third kappa shape index (κ3) is 3.11. The van der Waals surface area contributed by atoms with Crippen LogP contribution >= 0.6 is 23.2 Å². The molecule has 2 nitrogen and oxygen atoms in total. The van der Waals surface area contributed by atoms with Crippen LogP contribution < -0.4 is 0 Å². The maximum Gasteiger partial charge on any atom is 0.254 e. The smallest absolute Gasteiger partial charge is 0.254 e. The molecule has 1 aliphatic rings. The summed E-state index contributed by atoms with van der Waals surface area (Å²) in [4.78, 5) is 15.2. The summed E-state index contributed by atoms with van der Waals surface area (Å²) in [6.45, 7) is 0.637. The van der Waals surface area contributed by atoms with Gasteiger partial charge in [0.05, 0.1) is 6.04 Å². The van der Waals surface area contributed by atoms with E-state index in [1.54, 1.807) is 24.3 Å². The third-order valence-electron chi connectivity index (χ3n) is 4.82. The van der Waals surface area contributed by atoms with E-state index in [2.05, 4.69) is 12.1 Å². The zero-order chi connectivity index (χ0) is 18.1. The van der Waals surface area contributed by atoms with Crippen LogP contribution in [0.1, 0.15) is 33.1 Å². The number of fused-ring (bicyclic) bond motifs is 1. The molecule has 0 aromatic heterocycles. The molecular formula is C22H17Cl2NO. The summed E-state index contributed by atoms with van der Waals surface area (Å²) < 4.78 is 0. The maximum absolute atomic E-state index is 13.3. The van der Waals surface area contributed by atoms with E-state index in [0.717, 1.165) is 17.5 Å². The molecule has 0 bridgehead atoms. The fourth-order valence-corrected chi connectivity index (χ4v) is 4.03. The first-order valence-electron chi connectivity index (χ1n) is 8.54. The highest BCUT2D eigenvalue weighted by Gasteiger charge is 2.33. The first kappa shape index (κ1) is 17.1. The van der Waals surface area contributed by atoms with Crippen LogP contribution in [0.15, 0.2) is 72.8 Å². The molecule has 0 radical (unpaired) electrons. The lowest BCUT2D eigenvalue weighted by Crippen LogP contribution is -2.40. The summed E-state index contributed by atoms with van der Waals surface area (Å²) in [6, 6.07) is 22.9. The third-order valence-corrected chi connectivity index (χ3v) is 5.39. The molecule has 1 atom stereocenters. The van der Waals surface area contributed by atoms with Gasteiger partial charge in [-0.15, -0.1) is 0 Å². The van der Waals surface area contributed by atoms with E-state index in [4.69, 9.17) is 23.2 Å². The van der Waals surface area contributed by atoms with Crippen molar-refractivity contribution in [3.05, 3.63) is 105 Å². The van der Waals surface area contributed by atoms with Gasteiger partial charge in [-0.3, -0.25) is 4.79 Å². The van der Waals surface area contributed by atoms with Crippen LogP contribution in [0.2, 0.25) is 10.0 Å². The topological polar surface area (TPSA) is 20.3 Å². The quantitative estimate of drug-likeness (QED) is 0.550. The number of carbonyl (C=O) groups excluding carboxylic acids is 1. The normalized spacial score (nSPS) is 16.2. The molecule has 4 rings (SSSR count). The number of amides is 1. The molecule has 0 unspecified atom stereocenters. The van der Waals surface area contributed by atoms with Gasteiger partial charge in [0.2, 0.25) is 0 Å². The van der Waals surface area contributed by atoms with Crippen LogP contribution in [-0.2, 0) is 6.42 Å². The van der Waals surface area contributed by atoms with E-state index < -0.39 is 0 Å². The molecule has 0 saturated heterocycles. The number of nitrogens with zero attached hydrogens (tertiary/aromatic N) is 1. The van der Waals surface area contributed by atoms with Gasteiger partial charge in [-0.1, -0.05) is 71.7 Å². The summed E-state index contributed by atoms with van der Waals surface area (Å²) >= 11 is 12.6. The summed E-state index contributed by atoms with van der Waals surface area (Å²) in [5.74, 6) is -0.0353. The Morgan fingerprint density at radius 1 is 0.885 bits per heavy atom. The van der Waals surface area contributed by atoms with Gasteiger partial charge >= 0.3 is 0 Å². The molecule has 3 aromatic carbocycles. The van der Waals surface area contributed by atoms with Gasteiger partial charge in [-0.25, -0.2) is 0 Å². The van der Waals surface area contributed by atoms with Crippen molar-refractivity contribution in [1.82, 2.24) is 4.90 Å². The fraction of sp³-hybridized carbons (Fsp3) is 0.136. The van der Waals surface area contributed by atoms with E-state index in [1.165, 1.54) is 5.56 Å². The molecule has 0 spiro atoms. The van der Waals surface area contributed by atoms with Crippen LogP contribution in [0.5, 0.6) is 0 Å². The fourth-order valence-electron chi connectivity index (χ4n) is 3.60. The average Bonchev–Trinajstić information content (AvgIpc) is 2.67. The number of hydrogen-bond donors (Lipinski definition) is 0.